The Balaban J connectivity index is 1.32. The third kappa shape index (κ3) is 3.53. The van der Waals surface area contributed by atoms with Gasteiger partial charge in [-0.05, 0) is 30.7 Å². The van der Waals surface area contributed by atoms with E-state index in [2.05, 4.69) is 20.1 Å². The molecule has 0 unspecified atom stereocenters. The molecule has 2 aromatic rings. The summed E-state index contributed by atoms with van der Waals surface area (Å²) in [6.45, 7) is 3.20. The van der Waals surface area contributed by atoms with Crippen LogP contribution in [0.15, 0.2) is 23.2 Å². The maximum atomic E-state index is 12.5. The second-order valence-electron chi connectivity index (χ2n) is 6.71. The summed E-state index contributed by atoms with van der Waals surface area (Å²) in [6, 6.07) is 0. The number of hydrogen-bond donors (Lipinski definition) is 0. The Morgan fingerprint density at radius 1 is 1.36 bits per heavy atom. The van der Waals surface area contributed by atoms with Crippen LogP contribution < -0.4 is 0 Å². The van der Waals surface area contributed by atoms with Gasteiger partial charge < -0.3 is 14.2 Å². The molecule has 2 saturated heterocycles. The van der Waals surface area contributed by atoms with Crippen LogP contribution in [-0.2, 0) is 16.0 Å². The van der Waals surface area contributed by atoms with E-state index in [9.17, 15) is 4.79 Å². The summed E-state index contributed by atoms with van der Waals surface area (Å²) in [6.07, 6.45) is 7.92. The summed E-state index contributed by atoms with van der Waals surface area (Å²) in [4.78, 5) is 26.7. The van der Waals surface area contributed by atoms with Gasteiger partial charge in [0, 0.05) is 38.8 Å². The second kappa shape index (κ2) is 6.87. The van der Waals surface area contributed by atoms with Crippen LogP contribution in [-0.4, -0.2) is 50.1 Å². The first-order valence-electron chi connectivity index (χ1n) is 8.66. The van der Waals surface area contributed by atoms with Crippen molar-refractivity contribution in [3.63, 3.8) is 0 Å². The maximum Gasteiger partial charge on any atom is 0.223 e. The molecule has 2 aliphatic rings. The van der Waals surface area contributed by atoms with E-state index in [0.717, 1.165) is 24.9 Å². The normalized spacial score (nSPS) is 25.8. The van der Waals surface area contributed by atoms with E-state index in [0.29, 0.717) is 37.0 Å². The number of likely N-dealkylation sites (tertiary alicyclic amines) is 1. The van der Waals surface area contributed by atoms with E-state index in [1.807, 2.05) is 4.90 Å². The lowest BCUT2D eigenvalue weighted by molar-refractivity contribution is -0.135. The minimum Gasteiger partial charge on any atom is -0.365 e. The molecule has 0 saturated carbocycles. The topological polar surface area (TPSA) is 94.2 Å². The fourth-order valence-corrected chi connectivity index (χ4v) is 3.64. The fraction of sp³-hybridized carbons (Fsp3) is 0.588. The van der Waals surface area contributed by atoms with Gasteiger partial charge in [0.1, 0.15) is 12.4 Å². The van der Waals surface area contributed by atoms with E-state index in [-0.39, 0.29) is 18.1 Å². The lowest BCUT2D eigenvalue weighted by Crippen LogP contribution is -2.45. The van der Waals surface area contributed by atoms with Crippen molar-refractivity contribution in [1.29, 1.82) is 0 Å². The SMILES string of the molecule is Cc1nc([C@H]2C[C@@H]3CCN(C(=O)CCc4cncnc4)C[C@H]3O2)no1. The lowest BCUT2D eigenvalue weighted by Gasteiger charge is -2.34. The number of piperidine rings is 1. The zero-order valence-electron chi connectivity index (χ0n) is 14.2. The number of aromatic nitrogens is 4. The average Bonchev–Trinajstić information content (AvgIpc) is 3.25. The quantitative estimate of drug-likeness (QED) is 0.830. The Labute approximate surface area is 145 Å². The molecule has 2 aliphatic heterocycles. The Bertz CT molecular complexity index is 735. The molecule has 2 fully saturated rings. The fourth-order valence-electron chi connectivity index (χ4n) is 3.64. The van der Waals surface area contributed by atoms with Crippen molar-refractivity contribution in [2.75, 3.05) is 13.1 Å². The van der Waals surface area contributed by atoms with Gasteiger partial charge in [0.2, 0.25) is 17.6 Å². The van der Waals surface area contributed by atoms with Crippen LogP contribution in [0.5, 0.6) is 0 Å². The molecular weight excluding hydrogens is 322 g/mol. The highest BCUT2D eigenvalue weighted by Crippen LogP contribution is 2.40. The number of amides is 1. The van der Waals surface area contributed by atoms with E-state index in [4.69, 9.17) is 9.26 Å². The van der Waals surface area contributed by atoms with Gasteiger partial charge in [0.15, 0.2) is 0 Å². The van der Waals surface area contributed by atoms with Gasteiger partial charge in [0.05, 0.1) is 6.10 Å². The van der Waals surface area contributed by atoms with Crippen molar-refractivity contribution < 1.29 is 14.1 Å². The predicted octanol–water partition coefficient (Wildman–Crippen LogP) is 1.48. The highest BCUT2D eigenvalue weighted by Gasteiger charge is 2.42. The minimum absolute atomic E-state index is 0.0570. The molecule has 0 bridgehead atoms. The van der Waals surface area contributed by atoms with Crippen molar-refractivity contribution in [3.8, 4) is 0 Å². The predicted molar refractivity (Wildman–Crippen MR) is 86.3 cm³/mol. The number of rotatable bonds is 4. The Hall–Kier alpha value is -2.35. The summed E-state index contributed by atoms with van der Waals surface area (Å²) < 4.78 is 11.2. The first-order chi connectivity index (χ1) is 12.2. The summed E-state index contributed by atoms with van der Waals surface area (Å²) in [5.41, 5.74) is 0.982. The molecule has 2 aromatic heterocycles. The summed E-state index contributed by atoms with van der Waals surface area (Å²) >= 11 is 0. The molecule has 4 rings (SSSR count). The Morgan fingerprint density at radius 3 is 2.96 bits per heavy atom. The Morgan fingerprint density at radius 2 is 2.20 bits per heavy atom. The zero-order chi connectivity index (χ0) is 17.2. The van der Waals surface area contributed by atoms with Crippen molar-refractivity contribution in [3.05, 3.63) is 36.0 Å². The molecule has 0 aromatic carbocycles. The highest BCUT2D eigenvalue weighted by molar-refractivity contribution is 5.76. The largest absolute Gasteiger partial charge is 0.365 e. The molecule has 132 valence electrons. The van der Waals surface area contributed by atoms with Gasteiger partial charge in [-0.2, -0.15) is 4.98 Å². The van der Waals surface area contributed by atoms with Crippen LogP contribution in [0.25, 0.3) is 0 Å². The molecule has 25 heavy (non-hydrogen) atoms. The van der Waals surface area contributed by atoms with Crippen LogP contribution in [0.1, 0.15) is 42.6 Å². The molecule has 0 aliphatic carbocycles. The number of ether oxygens (including phenoxy) is 1. The molecule has 0 N–H and O–H groups in total. The first kappa shape index (κ1) is 16.1. The number of nitrogens with zero attached hydrogens (tertiary/aromatic N) is 5. The molecule has 1 amide bonds. The van der Waals surface area contributed by atoms with E-state index in [1.54, 1.807) is 19.3 Å². The number of carbonyl (C=O) groups is 1. The molecular formula is C17H21N5O3. The standard InChI is InChI=1S/C17H21N5O3/c1-11-20-17(21-25-11)14-6-13-4-5-22(9-15(13)24-14)16(23)3-2-12-7-18-10-19-8-12/h7-8,10,13-15H,2-6,9H2,1H3/t13-,14+,15+/m0/s1. The maximum absolute atomic E-state index is 12.5. The van der Waals surface area contributed by atoms with E-state index in [1.165, 1.54) is 6.33 Å². The minimum atomic E-state index is -0.121. The van der Waals surface area contributed by atoms with Gasteiger partial charge in [-0.15, -0.1) is 0 Å². The molecule has 0 radical (unpaired) electrons. The van der Waals surface area contributed by atoms with Crippen LogP contribution in [0, 0.1) is 12.8 Å². The van der Waals surface area contributed by atoms with E-state index < -0.39 is 0 Å². The summed E-state index contributed by atoms with van der Waals surface area (Å²) in [5, 5.41) is 3.97. The number of fused-ring (bicyclic) bond motifs is 1. The van der Waals surface area contributed by atoms with Gasteiger partial charge >= 0.3 is 0 Å². The summed E-state index contributed by atoms with van der Waals surface area (Å²) in [7, 11) is 0. The monoisotopic (exact) mass is 343 g/mol. The third-order valence-electron chi connectivity index (χ3n) is 4.98. The molecule has 3 atom stereocenters. The number of aryl methyl sites for hydroxylation is 2. The third-order valence-corrected chi connectivity index (χ3v) is 4.98. The van der Waals surface area contributed by atoms with Crippen LogP contribution >= 0.6 is 0 Å². The molecule has 4 heterocycles. The molecule has 8 heteroatoms. The van der Waals surface area contributed by atoms with Gasteiger partial charge in [-0.25, -0.2) is 9.97 Å². The Kier molecular flexibility index (Phi) is 4.44. The highest BCUT2D eigenvalue weighted by atomic mass is 16.5. The first-order valence-corrected chi connectivity index (χ1v) is 8.66. The van der Waals surface area contributed by atoms with Crippen molar-refractivity contribution in [1.82, 2.24) is 25.0 Å². The number of carbonyl (C=O) groups excluding carboxylic acids is 1. The van der Waals surface area contributed by atoms with Gasteiger partial charge in [0.25, 0.3) is 0 Å². The van der Waals surface area contributed by atoms with Crippen LogP contribution in [0.2, 0.25) is 0 Å². The van der Waals surface area contributed by atoms with Crippen molar-refractivity contribution in [2.24, 2.45) is 5.92 Å². The van der Waals surface area contributed by atoms with Crippen LogP contribution in [0.3, 0.4) is 0 Å². The molecule has 0 spiro atoms. The number of hydrogen-bond acceptors (Lipinski definition) is 7. The summed E-state index contributed by atoms with van der Waals surface area (Å²) in [5.74, 6) is 1.78. The zero-order valence-corrected chi connectivity index (χ0v) is 14.2. The van der Waals surface area contributed by atoms with E-state index >= 15 is 0 Å². The smallest absolute Gasteiger partial charge is 0.223 e. The second-order valence-corrected chi connectivity index (χ2v) is 6.71. The average molecular weight is 343 g/mol. The van der Waals surface area contributed by atoms with Crippen molar-refractivity contribution in [2.45, 2.75) is 44.8 Å². The van der Waals surface area contributed by atoms with Gasteiger partial charge in [-0.3, -0.25) is 4.79 Å². The molecule has 8 nitrogen and oxygen atoms in total. The lowest BCUT2D eigenvalue weighted by atomic mass is 9.91. The van der Waals surface area contributed by atoms with Crippen molar-refractivity contribution >= 4 is 5.91 Å². The van der Waals surface area contributed by atoms with Gasteiger partial charge in [-0.1, -0.05) is 5.16 Å². The van der Waals surface area contributed by atoms with Crippen LogP contribution in [0.4, 0.5) is 0 Å².